The van der Waals surface area contributed by atoms with Gasteiger partial charge in [-0.3, -0.25) is 4.79 Å². The summed E-state index contributed by atoms with van der Waals surface area (Å²) in [4.78, 5) is 12.8. The second kappa shape index (κ2) is 6.01. The zero-order valence-corrected chi connectivity index (χ0v) is 12.7. The fourth-order valence-electron chi connectivity index (χ4n) is 2.20. The predicted octanol–water partition coefficient (Wildman–Crippen LogP) is 2.13. The summed E-state index contributed by atoms with van der Waals surface area (Å²) in [5, 5.41) is 0. The number of carbonyl (C=O) groups excluding carboxylic acids is 1. The van der Waals surface area contributed by atoms with Crippen LogP contribution in [0.4, 0.5) is 0 Å². The molecule has 1 aromatic carbocycles. The molecule has 0 aliphatic heterocycles. The Bertz CT molecular complexity index is 598. The van der Waals surface area contributed by atoms with Crippen LogP contribution in [0.2, 0.25) is 0 Å². The van der Waals surface area contributed by atoms with Crippen molar-refractivity contribution >= 4 is 26.1 Å². The van der Waals surface area contributed by atoms with E-state index in [2.05, 4.69) is 0 Å². The molecule has 20 heavy (non-hydrogen) atoms. The highest BCUT2D eigenvalue weighted by atomic mass is 35.7. The average molecular weight is 318 g/mol. The standard InChI is InChI=1S/C13H16ClNO4S/c1-19-13-6-5-12(20(14,17)18)7-10(13)8-15(9-16)11-3-2-4-11/h5-7,9,11H,2-4,8H2,1H3. The van der Waals surface area contributed by atoms with E-state index >= 15 is 0 Å². The second-order valence-corrected chi connectivity index (χ2v) is 7.34. The summed E-state index contributed by atoms with van der Waals surface area (Å²) in [5.41, 5.74) is 0.633. The number of benzene rings is 1. The molecule has 0 saturated heterocycles. The third-order valence-electron chi connectivity index (χ3n) is 3.57. The molecule has 1 amide bonds. The molecule has 0 aromatic heterocycles. The minimum absolute atomic E-state index is 0.00873. The summed E-state index contributed by atoms with van der Waals surface area (Å²) in [6.45, 7) is 0.317. The van der Waals surface area contributed by atoms with Crippen LogP contribution >= 0.6 is 10.7 Å². The molecule has 1 aromatic rings. The maximum Gasteiger partial charge on any atom is 0.261 e. The molecule has 0 N–H and O–H groups in total. The summed E-state index contributed by atoms with van der Waals surface area (Å²) in [7, 11) is 3.05. The van der Waals surface area contributed by atoms with Crippen LogP contribution < -0.4 is 4.74 Å². The van der Waals surface area contributed by atoms with Crippen molar-refractivity contribution < 1.29 is 17.9 Å². The van der Waals surface area contributed by atoms with Crippen molar-refractivity contribution in [1.82, 2.24) is 4.90 Å². The molecule has 0 bridgehead atoms. The SMILES string of the molecule is COc1ccc(S(=O)(=O)Cl)cc1CN(C=O)C1CCC1. The first-order valence-corrected chi connectivity index (χ1v) is 8.59. The van der Waals surface area contributed by atoms with Crippen LogP contribution in [0.15, 0.2) is 23.1 Å². The second-order valence-electron chi connectivity index (χ2n) is 4.77. The van der Waals surface area contributed by atoms with Gasteiger partial charge in [0.15, 0.2) is 0 Å². The zero-order chi connectivity index (χ0) is 14.8. The minimum Gasteiger partial charge on any atom is -0.496 e. The van der Waals surface area contributed by atoms with Crippen molar-refractivity contribution in [3.05, 3.63) is 23.8 Å². The van der Waals surface area contributed by atoms with E-state index in [1.165, 1.54) is 19.2 Å². The molecule has 0 unspecified atom stereocenters. The van der Waals surface area contributed by atoms with E-state index in [9.17, 15) is 13.2 Å². The molecule has 0 heterocycles. The van der Waals surface area contributed by atoms with E-state index in [1.807, 2.05) is 0 Å². The number of halogens is 1. The van der Waals surface area contributed by atoms with Crippen molar-refractivity contribution in [2.45, 2.75) is 36.7 Å². The maximum atomic E-state index is 11.4. The number of nitrogens with zero attached hydrogens (tertiary/aromatic N) is 1. The third-order valence-corrected chi connectivity index (χ3v) is 4.92. The summed E-state index contributed by atoms with van der Waals surface area (Å²) < 4.78 is 28.0. The number of rotatable bonds is 6. The molecule has 1 fully saturated rings. The lowest BCUT2D eigenvalue weighted by molar-refractivity contribution is -0.122. The number of hydrogen-bond acceptors (Lipinski definition) is 4. The molecule has 2 rings (SSSR count). The Balaban J connectivity index is 2.30. The van der Waals surface area contributed by atoms with Gasteiger partial charge in [0.2, 0.25) is 6.41 Å². The Morgan fingerprint density at radius 1 is 1.45 bits per heavy atom. The van der Waals surface area contributed by atoms with Gasteiger partial charge in [-0.2, -0.15) is 0 Å². The highest BCUT2D eigenvalue weighted by molar-refractivity contribution is 8.13. The van der Waals surface area contributed by atoms with Gasteiger partial charge in [0.05, 0.1) is 12.0 Å². The summed E-state index contributed by atoms with van der Waals surface area (Å²) in [6, 6.07) is 4.62. The quantitative estimate of drug-likeness (QED) is 0.595. The maximum absolute atomic E-state index is 11.4. The highest BCUT2D eigenvalue weighted by Gasteiger charge is 2.25. The Labute approximate surface area is 122 Å². The minimum atomic E-state index is -3.79. The Morgan fingerprint density at radius 2 is 2.15 bits per heavy atom. The number of methoxy groups -OCH3 is 1. The van der Waals surface area contributed by atoms with Gasteiger partial charge in [0.25, 0.3) is 9.05 Å². The van der Waals surface area contributed by atoms with Crippen molar-refractivity contribution in [2.75, 3.05) is 7.11 Å². The van der Waals surface area contributed by atoms with Crippen molar-refractivity contribution in [3.63, 3.8) is 0 Å². The number of hydrogen-bond donors (Lipinski definition) is 0. The zero-order valence-electron chi connectivity index (χ0n) is 11.1. The fraction of sp³-hybridized carbons (Fsp3) is 0.462. The molecular weight excluding hydrogens is 302 g/mol. The first-order valence-electron chi connectivity index (χ1n) is 6.28. The van der Waals surface area contributed by atoms with Crippen LogP contribution in [0, 0.1) is 0 Å². The van der Waals surface area contributed by atoms with E-state index in [4.69, 9.17) is 15.4 Å². The van der Waals surface area contributed by atoms with E-state index in [0.29, 0.717) is 17.9 Å². The van der Waals surface area contributed by atoms with E-state index in [-0.39, 0.29) is 10.9 Å². The van der Waals surface area contributed by atoms with Gasteiger partial charge in [-0.1, -0.05) is 0 Å². The lowest BCUT2D eigenvalue weighted by Gasteiger charge is -2.35. The smallest absolute Gasteiger partial charge is 0.261 e. The van der Waals surface area contributed by atoms with Gasteiger partial charge in [-0.25, -0.2) is 8.42 Å². The Morgan fingerprint density at radius 3 is 2.60 bits per heavy atom. The van der Waals surface area contributed by atoms with Crippen molar-refractivity contribution in [2.24, 2.45) is 0 Å². The van der Waals surface area contributed by atoms with Crippen LogP contribution in [0.25, 0.3) is 0 Å². The molecule has 0 spiro atoms. The number of carbonyl (C=O) groups is 1. The number of amides is 1. The highest BCUT2D eigenvalue weighted by Crippen LogP contribution is 2.29. The van der Waals surface area contributed by atoms with E-state index in [1.54, 1.807) is 11.0 Å². The van der Waals surface area contributed by atoms with Gasteiger partial charge >= 0.3 is 0 Å². The number of ether oxygens (including phenoxy) is 1. The van der Waals surface area contributed by atoms with Gasteiger partial charge in [-0.15, -0.1) is 0 Å². The van der Waals surface area contributed by atoms with Gasteiger partial charge in [-0.05, 0) is 37.5 Å². The predicted molar refractivity (Wildman–Crippen MR) is 75.3 cm³/mol. The molecular formula is C13H16ClNO4S. The molecule has 110 valence electrons. The van der Waals surface area contributed by atoms with Gasteiger partial charge in [0.1, 0.15) is 5.75 Å². The summed E-state index contributed by atoms with van der Waals surface area (Å²) in [5.74, 6) is 0.542. The largest absolute Gasteiger partial charge is 0.496 e. The van der Waals surface area contributed by atoms with Crippen molar-refractivity contribution in [3.8, 4) is 5.75 Å². The Kier molecular flexibility index (Phi) is 4.55. The van der Waals surface area contributed by atoms with E-state index in [0.717, 1.165) is 25.7 Å². The fourth-order valence-corrected chi connectivity index (χ4v) is 3.00. The van der Waals surface area contributed by atoms with Gasteiger partial charge in [0, 0.05) is 28.8 Å². The molecule has 1 aliphatic carbocycles. The Hall–Kier alpha value is -1.27. The molecule has 7 heteroatoms. The normalized spacial score (nSPS) is 15.5. The summed E-state index contributed by atoms with van der Waals surface area (Å²) >= 11 is 0. The van der Waals surface area contributed by atoms with E-state index < -0.39 is 9.05 Å². The van der Waals surface area contributed by atoms with Crippen LogP contribution in [-0.4, -0.2) is 32.9 Å². The molecule has 0 atom stereocenters. The average Bonchev–Trinajstić information content (AvgIpc) is 2.34. The first-order chi connectivity index (χ1) is 9.45. The lowest BCUT2D eigenvalue weighted by Crippen LogP contribution is -2.38. The molecule has 1 saturated carbocycles. The lowest BCUT2D eigenvalue weighted by atomic mass is 9.91. The van der Waals surface area contributed by atoms with Crippen LogP contribution in [0.3, 0.4) is 0 Å². The topological polar surface area (TPSA) is 63.7 Å². The van der Waals surface area contributed by atoms with Crippen LogP contribution in [-0.2, 0) is 20.4 Å². The van der Waals surface area contributed by atoms with Crippen LogP contribution in [0.1, 0.15) is 24.8 Å². The summed E-state index contributed by atoms with van der Waals surface area (Å²) in [6.07, 6.45) is 3.87. The van der Waals surface area contributed by atoms with Gasteiger partial charge < -0.3 is 9.64 Å². The molecule has 5 nitrogen and oxygen atoms in total. The first kappa shape index (κ1) is 15.1. The third kappa shape index (κ3) is 3.24. The molecule has 1 aliphatic rings. The monoisotopic (exact) mass is 317 g/mol. The van der Waals surface area contributed by atoms with Crippen LogP contribution in [0.5, 0.6) is 5.75 Å². The van der Waals surface area contributed by atoms with Crippen molar-refractivity contribution in [1.29, 1.82) is 0 Å². The molecule has 0 radical (unpaired) electrons.